The van der Waals surface area contributed by atoms with Crippen LogP contribution in [0.2, 0.25) is 0 Å². The van der Waals surface area contributed by atoms with E-state index in [0.29, 0.717) is 38.2 Å². The average molecular weight is 698 g/mol. The lowest BCUT2D eigenvalue weighted by Crippen LogP contribution is -2.17. The molecular weight excluding hydrogens is 637 g/mol. The van der Waals surface area contributed by atoms with E-state index in [2.05, 4.69) is 13.5 Å². The SMILES string of the molecule is C=C(Cl)Cl.CC(O)C(C)O.CCCCCCCCCCCCCCCCCC(Cl)Cl.ClCCOCCOCCCl. The number of aliphatic hydroxyl groups excluding tert-OH is 2. The summed E-state index contributed by atoms with van der Waals surface area (Å²) in [4.78, 5) is -0.156. The standard InChI is InChI=1S/C18H36Cl2.C6H12Cl2O2.C4H10O2.C2H2Cl2/c1-2-3-4-5-6-7-8-9-10-11-12-13-14-15-16-17-18(19)20;7-1-3-9-5-6-10-4-2-8;1-3(5)4(2)6;1-2(3)4/h18H,2-17H2,1H3;1-6H2;3-6H,1-2H3;1H2. The summed E-state index contributed by atoms with van der Waals surface area (Å²) in [6.45, 7) is 10.8. The zero-order valence-corrected chi connectivity index (χ0v) is 30.0. The molecule has 246 valence electrons. The van der Waals surface area contributed by atoms with Crippen LogP contribution in [-0.2, 0) is 9.47 Å². The molecular formula is C30H60Cl6O4. The van der Waals surface area contributed by atoms with Gasteiger partial charge in [-0.3, -0.25) is 0 Å². The third kappa shape index (κ3) is 67.2. The molecule has 0 amide bonds. The molecule has 0 saturated carbocycles. The van der Waals surface area contributed by atoms with E-state index in [1.165, 1.54) is 96.3 Å². The van der Waals surface area contributed by atoms with Gasteiger partial charge in [0, 0.05) is 11.8 Å². The summed E-state index contributed by atoms with van der Waals surface area (Å²) in [5, 5.41) is 16.8. The van der Waals surface area contributed by atoms with Crippen molar-refractivity contribution in [2.24, 2.45) is 0 Å². The van der Waals surface area contributed by atoms with Crippen molar-refractivity contribution in [3.8, 4) is 0 Å². The van der Waals surface area contributed by atoms with E-state index in [1.54, 1.807) is 13.8 Å². The predicted molar refractivity (Wildman–Crippen MR) is 182 cm³/mol. The molecule has 10 heteroatoms. The largest absolute Gasteiger partial charge is 0.391 e. The van der Waals surface area contributed by atoms with Gasteiger partial charge in [-0.05, 0) is 20.3 Å². The summed E-state index contributed by atoms with van der Waals surface area (Å²) in [6, 6.07) is 0. The van der Waals surface area contributed by atoms with Crippen molar-refractivity contribution in [1.82, 2.24) is 0 Å². The van der Waals surface area contributed by atoms with E-state index in [1.807, 2.05) is 0 Å². The summed E-state index contributed by atoms with van der Waals surface area (Å²) in [7, 11) is 0. The molecule has 2 N–H and O–H groups in total. The number of unbranched alkanes of at least 4 members (excludes halogenated alkanes) is 14. The molecule has 40 heavy (non-hydrogen) atoms. The van der Waals surface area contributed by atoms with Gasteiger partial charge in [-0.25, -0.2) is 0 Å². The molecule has 0 aromatic heterocycles. The monoisotopic (exact) mass is 694 g/mol. The molecule has 2 atom stereocenters. The van der Waals surface area contributed by atoms with Crippen LogP contribution in [-0.4, -0.2) is 65.4 Å². The van der Waals surface area contributed by atoms with E-state index >= 15 is 0 Å². The normalized spacial score (nSPS) is 11.9. The molecule has 0 aromatic carbocycles. The van der Waals surface area contributed by atoms with E-state index < -0.39 is 12.2 Å². The highest BCUT2D eigenvalue weighted by Gasteiger charge is 2.00. The molecule has 0 rings (SSSR count). The van der Waals surface area contributed by atoms with Gasteiger partial charge < -0.3 is 19.7 Å². The molecule has 0 aliphatic rings. The highest BCUT2D eigenvalue weighted by Crippen LogP contribution is 2.16. The fraction of sp³-hybridized carbons (Fsp3) is 0.933. The second-order valence-corrected chi connectivity index (χ2v) is 12.7. The molecule has 0 spiro atoms. The Bertz CT molecular complexity index is 426. The van der Waals surface area contributed by atoms with Gasteiger partial charge in [-0.2, -0.15) is 0 Å². The van der Waals surface area contributed by atoms with Crippen LogP contribution in [0.1, 0.15) is 124 Å². The third-order valence-corrected chi connectivity index (χ3v) is 6.28. The fourth-order valence-electron chi connectivity index (χ4n) is 3.10. The summed E-state index contributed by atoms with van der Waals surface area (Å²) in [6.07, 6.45) is 20.8. The van der Waals surface area contributed by atoms with Crippen LogP contribution in [0.4, 0.5) is 0 Å². The second-order valence-electron chi connectivity index (χ2n) is 9.55. The predicted octanol–water partition coefficient (Wildman–Crippen LogP) is 11.2. The number of alkyl halides is 4. The first kappa shape index (κ1) is 48.2. The first-order chi connectivity index (χ1) is 19.1. The molecule has 0 saturated heterocycles. The minimum atomic E-state index is -0.593. The van der Waals surface area contributed by atoms with Gasteiger partial charge in [0.15, 0.2) is 0 Å². The minimum Gasteiger partial charge on any atom is -0.391 e. The lowest BCUT2D eigenvalue weighted by Gasteiger charge is -2.03. The topological polar surface area (TPSA) is 58.9 Å². The molecule has 0 aromatic rings. The molecule has 2 unspecified atom stereocenters. The van der Waals surface area contributed by atoms with Crippen molar-refractivity contribution in [3.05, 3.63) is 11.1 Å². The van der Waals surface area contributed by atoms with E-state index in [4.69, 9.17) is 89.3 Å². The summed E-state index contributed by atoms with van der Waals surface area (Å²) in [5.41, 5.74) is 0. The van der Waals surface area contributed by atoms with E-state index in [9.17, 15) is 0 Å². The molecule has 0 heterocycles. The van der Waals surface area contributed by atoms with Gasteiger partial charge in [0.05, 0.1) is 43.1 Å². The Kier molecular flexibility index (Phi) is 54.0. The summed E-state index contributed by atoms with van der Waals surface area (Å²) < 4.78 is 10.2. The lowest BCUT2D eigenvalue weighted by molar-refractivity contribution is 0.0438. The first-order valence-electron chi connectivity index (χ1n) is 15.0. The van der Waals surface area contributed by atoms with Crippen molar-refractivity contribution in [2.75, 3.05) is 38.2 Å². The Morgan fingerprint density at radius 3 is 1.10 bits per heavy atom. The molecule has 0 bridgehead atoms. The average Bonchev–Trinajstić information content (AvgIpc) is 2.88. The van der Waals surface area contributed by atoms with Gasteiger partial charge in [0.25, 0.3) is 0 Å². The second kappa shape index (κ2) is 44.8. The molecule has 0 radical (unpaired) electrons. The lowest BCUT2D eigenvalue weighted by atomic mass is 10.0. The Morgan fingerprint density at radius 1 is 0.600 bits per heavy atom. The Balaban J connectivity index is -0.000000266. The van der Waals surface area contributed by atoms with Gasteiger partial charge in [0.2, 0.25) is 0 Å². The van der Waals surface area contributed by atoms with Gasteiger partial charge in [-0.1, -0.05) is 133 Å². The van der Waals surface area contributed by atoms with Crippen LogP contribution in [0.25, 0.3) is 0 Å². The van der Waals surface area contributed by atoms with Crippen molar-refractivity contribution in [3.63, 3.8) is 0 Å². The van der Waals surface area contributed by atoms with E-state index in [-0.39, 0.29) is 9.33 Å². The number of hydrogen-bond acceptors (Lipinski definition) is 4. The fourth-order valence-corrected chi connectivity index (χ4v) is 3.63. The number of halogens is 6. The third-order valence-electron chi connectivity index (χ3n) is 5.54. The maximum atomic E-state index is 8.38. The Labute approximate surface area is 277 Å². The number of ether oxygens (including phenoxy) is 2. The van der Waals surface area contributed by atoms with Crippen molar-refractivity contribution in [1.29, 1.82) is 0 Å². The zero-order valence-electron chi connectivity index (χ0n) is 25.5. The molecule has 0 aliphatic carbocycles. The number of hydrogen-bond donors (Lipinski definition) is 2. The highest BCUT2D eigenvalue weighted by atomic mass is 35.5. The summed E-state index contributed by atoms with van der Waals surface area (Å²) >= 11 is 31.8. The molecule has 0 aliphatic heterocycles. The van der Waals surface area contributed by atoms with Crippen LogP contribution >= 0.6 is 69.6 Å². The number of rotatable bonds is 24. The van der Waals surface area contributed by atoms with Gasteiger partial charge in [-0.15, -0.1) is 46.4 Å². The first-order valence-corrected chi connectivity index (χ1v) is 17.7. The van der Waals surface area contributed by atoms with Crippen molar-refractivity contribution < 1.29 is 19.7 Å². The van der Waals surface area contributed by atoms with Crippen molar-refractivity contribution >= 4 is 69.6 Å². The van der Waals surface area contributed by atoms with Gasteiger partial charge in [0.1, 0.15) is 4.84 Å². The maximum Gasteiger partial charge on any atom is 0.107 e. The van der Waals surface area contributed by atoms with Crippen molar-refractivity contribution in [2.45, 2.75) is 141 Å². The van der Waals surface area contributed by atoms with Crippen LogP contribution < -0.4 is 0 Å². The van der Waals surface area contributed by atoms with Crippen LogP contribution in [0.3, 0.4) is 0 Å². The maximum absolute atomic E-state index is 8.38. The smallest absolute Gasteiger partial charge is 0.107 e. The highest BCUT2D eigenvalue weighted by molar-refractivity contribution is 6.55. The number of aliphatic hydroxyl groups is 2. The Hall–Kier alpha value is 1.32. The van der Waals surface area contributed by atoms with E-state index in [0.717, 1.165) is 6.42 Å². The van der Waals surface area contributed by atoms with Gasteiger partial charge >= 0.3 is 0 Å². The minimum absolute atomic E-state index is 0.111. The van der Waals surface area contributed by atoms with Crippen LogP contribution in [0.5, 0.6) is 0 Å². The van der Waals surface area contributed by atoms with Crippen LogP contribution in [0.15, 0.2) is 11.1 Å². The molecule has 0 fully saturated rings. The molecule has 4 nitrogen and oxygen atoms in total. The van der Waals surface area contributed by atoms with Crippen LogP contribution in [0, 0.1) is 0 Å². The Morgan fingerprint density at radius 2 is 0.875 bits per heavy atom. The quantitative estimate of drug-likeness (QED) is 0.0779. The summed E-state index contributed by atoms with van der Waals surface area (Å²) in [5.74, 6) is 1.07. The zero-order chi connectivity index (χ0) is 31.3.